The molecule has 1 atom stereocenters. The predicted octanol–water partition coefficient (Wildman–Crippen LogP) is 2.84. The van der Waals surface area contributed by atoms with Crippen LogP contribution >= 0.6 is 0 Å². The zero-order valence-corrected chi connectivity index (χ0v) is 16.8. The smallest absolute Gasteiger partial charge is 0.222 e. The highest BCUT2D eigenvalue weighted by Gasteiger charge is 2.42. The Morgan fingerprint density at radius 2 is 1.66 bits per heavy atom. The van der Waals surface area contributed by atoms with Crippen molar-refractivity contribution in [1.29, 1.82) is 0 Å². The first-order valence-electron chi connectivity index (χ1n) is 10.5. The fourth-order valence-electron chi connectivity index (χ4n) is 4.67. The second-order valence-corrected chi connectivity index (χ2v) is 8.38. The van der Waals surface area contributed by atoms with Gasteiger partial charge in [0, 0.05) is 69.2 Å². The van der Waals surface area contributed by atoms with Crippen LogP contribution in [0.5, 0.6) is 0 Å². The van der Waals surface area contributed by atoms with Crippen LogP contribution in [0.1, 0.15) is 43.2 Å². The number of hydrogen-bond acceptors (Lipinski definition) is 4. The molecule has 0 aliphatic carbocycles. The Balaban J connectivity index is 1.38. The van der Waals surface area contributed by atoms with E-state index in [1.54, 1.807) is 24.8 Å². The van der Waals surface area contributed by atoms with E-state index in [-0.39, 0.29) is 17.2 Å². The standard InChI is InChI=1S/C23H28N4O2/c28-21(3-2-19-5-11-24-12-6-19)26-15-1-9-23(17-26)10-4-22(29)27(18-23)16-20-7-13-25-14-8-20/h5-8,11-14H,1-4,9-10,15-18H2/t23-/m1/s1. The fraction of sp³-hybridized carbons (Fsp3) is 0.478. The Bertz CT molecular complexity index is 842. The topological polar surface area (TPSA) is 66.4 Å². The third kappa shape index (κ3) is 4.81. The molecule has 4 heterocycles. The normalized spacial score (nSPS) is 22.1. The van der Waals surface area contributed by atoms with Gasteiger partial charge in [-0.25, -0.2) is 0 Å². The van der Waals surface area contributed by atoms with Gasteiger partial charge in [-0.1, -0.05) is 0 Å². The number of carbonyl (C=O) groups excluding carboxylic acids is 2. The van der Waals surface area contributed by atoms with Gasteiger partial charge >= 0.3 is 0 Å². The first-order chi connectivity index (χ1) is 14.1. The molecule has 152 valence electrons. The van der Waals surface area contributed by atoms with Crippen LogP contribution in [-0.2, 0) is 22.6 Å². The summed E-state index contributed by atoms with van der Waals surface area (Å²) in [5.41, 5.74) is 2.28. The van der Waals surface area contributed by atoms with Crippen molar-refractivity contribution in [3.63, 3.8) is 0 Å². The monoisotopic (exact) mass is 392 g/mol. The molecule has 2 saturated heterocycles. The van der Waals surface area contributed by atoms with Crippen molar-refractivity contribution in [3.8, 4) is 0 Å². The molecular formula is C23H28N4O2. The summed E-state index contributed by atoms with van der Waals surface area (Å²) in [7, 11) is 0. The number of aryl methyl sites for hydroxylation is 1. The minimum Gasteiger partial charge on any atom is -0.342 e. The van der Waals surface area contributed by atoms with Crippen molar-refractivity contribution in [1.82, 2.24) is 19.8 Å². The highest BCUT2D eigenvalue weighted by Crippen LogP contribution is 2.39. The molecule has 0 saturated carbocycles. The lowest BCUT2D eigenvalue weighted by molar-refractivity contribution is -0.143. The van der Waals surface area contributed by atoms with Crippen molar-refractivity contribution in [3.05, 3.63) is 60.2 Å². The molecule has 2 aromatic rings. The molecule has 0 unspecified atom stereocenters. The summed E-state index contributed by atoms with van der Waals surface area (Å²) in [5, 5.41) is 0. The third-order valence-electron chi connectivity index (χ3n) is 6.26. The maximum Gasteiger partial charge on any atom is 0.222 e. The summed E-state index contributed by atoms with van der Waals surface area (Å²) in [5.74, 6) is 0.437. The molecule has 1 spiro atoms. The molecule has 0 bridgehead atoms. The average Bonchev–Trinajstić information content (AvgIpc) is 2.76. The molecule has 0 aromatic carbocycles. The molecule has 2 aliphatic rings. The molecule has 2 aliphatic heterocycles. The quantitative estimate of drug-likeness (QED) is 0.785. The van der Waals surface area contributed by atoms with Crippen LogP contribution in [0.2, 0.25) is 0 Å². The zero-order valence-electron chi connectivity index (χ0n) is 16.8. The SMILES string of the molecule is O=C(CCc1ccncc1)N1CCC[C@@]2(CCC(=O)N(Cc3ccncc3)C2)C1. The molecule has 0 N–H and O–H groups in total. The maximum absolute atomic E-state index is 12.9. The number of hydrogen-bond donors (Lipinski definition) is 0. The number of piperidine rings is 2. The van der Waals surface area contributed by atoms with Gasteiger partial charge in [0.1, 0.15) is 0 Å². The molecule has 2 fully saturated rings. The van der Waals surface area contributed by atoms with E-state index in [4.69, 9.17) is 0 Å². The Kier molecular flexibility index (Phi) is 5.88. The van der Waals surface area contributed by atoms with Crippen molar-refractivity contribution < 1.29 is 9.59 Å². The molecule has 0 radical (unpaired) electrons. The van der Waals surface area contributed by atoms with Gasteiger partial charge in [-0.3, -0.25) is 19.6 Å². The van der Waals surface area contributed by atoms with Gasteiger partial charge in [-0.2, -0.15) is 0 Å². The van der Waals surface area contributed by atoms with Gasteiger partial charge in [0.2, 0.25) is 11.8 Å². The number of likely N-dealkylation sites (tertiary alicyclic amines) is 2. The lowest BCUT2D eigenvalue weighted by Crippen LogP contribution is -2.54. The van der Waals surface area contributed by atoms with Gasteiger partial charge in [0.15, 0.2) is 0 Å². The summed E-state index contributed by atoms with van der Waals surface area (Å²) in [6.07, 6.45) is 11.9. The van der Waals surface area contributed by atoms with Gasteiger partial charge in [-0.15, -0.1) is 0 Å². The summed E-state index contributed by atoms with van der Waals surface area (Å²) in [6, 6.07) is 7.86. The predicted molar refractivity (Wildman–Crippen MR) is 110 cm³/mol. The Morgan fingerprint density at radius 1 is 0.966 bits per heavy atom. The second-order valence-electron chi connectivity index (χ2n) is 8.38. The highest BCUT2D eigenvalue weighted by atomic mass is 16.2. The van der Waals surface area contributed by atoms with E-state index in [9.17, 15) is 9.59 Å². The minimum atomic E-state index is 0.0333. The second kappa shape index (κ2) is 8.72. The number of nitrogens with zero attached hydrogens (tertiary/aromatic N) is 4. The number of aromatic nitrogens is 2. The summed E-state index contributed by atoms with van der Waals surface area (Å²) in [6.45, 7) is 2.96. The lowest BCUT2D eigenvalue weighted by Gasteiger charge is -2.48. The van der Waals surface area contributed by atoms with Gasteiger partial charge in [-0.05, 0) is 61.1 Å². The molecule has 4 rings (SSSR count). The van der Waals surface area contributed by atoms with E-state index < -0.39 is 0 Å². The van der Waals surface area contributed by atoms with Crippen LogP contribution in [0.25, 0.3) is 0 Å². The number of rotatable bonds is 5. The van der Waals surface area contributed by atoms with Gasteiger partial charge < -0.3 is 9.80 Å². The van der Waals surface area contributed by atoms with E-state index in [1.165, 1.54) is 0 Å². The minimum absolute atomic E-state index is 0.0333. The number of carbonyl (C=O) groups is 2. The Labute approximate surface area is 172 Å². The van der Waals surface area contributed by atoms with Crippen molar-refractivity contribution in [2.45, 2.75) is 45.1 Å². The fourth-order valence-corrected chi connectivity index (χ4v) is 4.67. The third-order valence-corrected chi connectivity index (χ3v) is 6.26. The van der Waals surface area contributed by atoms with E-state index in [0.29, 0.717) is 19.4 Å². The van der Waals surface area contributed by atoms with Crippen molar-refractivity contribution in [2.24, 2.45) is 5.41 Å². The summed E-state index contributed by atoms with van der Waals surface area (Å²) in [4.78, 5) is 37.5. The van der Waals surface area contributed by atoms with Crippen molar-refractivity contribution in [2.75, 3.05) is 19.6 Å². The van der Waals surface area contributed by atoms with E-state index >= 15 is 0 Å². The molecule has 29 heavy (non-hydrogen) atoms. The zero-order chi connectivity index (χ0) is 20.1. The van der Waals surface area contributed by atoms with Crippen LogP contribution < -0.4 is 0 Å². The first-order valence-corrected chi connectivity index (χ1v) is 10.5. The first kappa shape index (κ1) is 19.6. The number of pyridine rings is 2. The molecule has 6 nitrogen and oxygen atoms in total. The summed E-state index contributed by atoms with van der Waals surface area (Å²) < 4.78 is 0. The number of amides is 2. The lowest BCUT2D eigenvalue weighted by atomic mass is 9.73. The van der Waals surface area contributed by atoms with E-state index in [2.05, 4.69) is 9.97 Å². The summed E-state index contributed by atoms with van der Waals surface area (Å²) >= 11 is 0. The van der Waals surface area contributed by atoms with Gasteiger partial charge in [0.05, 0.1) is 0 Å². The van der Waals surface area contributed by atoms with E-state index in [1.807, 2.05) is 34.1 Å². The Hall–Kier alpha value is -2.76. The van der Waals surface area contributed by atoms with Crippen LogP contribution in [0.3, 0.4) is 0 Å². The van der Waals surface area contributed by atoms with E-state index in [0.717, 1.165) is 56.4 Å². The molecule has 6 heteroatoms. The molecule has 2 amide bonds. The van der Waals surface area contributed by atoms with Crippen LogP contribution in [0.15, 0.2) is 49.1 Å². The maximum atomic E-state index is 12.9. The van der Waals surface area contributed by atoms with Crippen LogP contribution in [0.4, 0.5) is 0 Å². The van der Waals surface area contributed by atoms with Crippen LogP contribution in [0, 0.1) is 5.41 Å². The molecular weight excluding hydrogens is 364 g/mol. The Morgan fingerprint density at radius 3 is 2.38 bits per heavy atom. The average molecular weight is 393 g/mol. The van der Waals surface area contributed by atoms with Crippen LogP contribution in [-0.4, -0.2) is 51.2 Å². The van der Waals surface area contributed by atoms with Crippen molar-refractivity contribution >= 4 is 11.8 Å². The molecule has 2 aromatic heterocycles. The largest absolute Gasteiger partial charge is 0.342 e. The van der Waals surface area contributed by atoms with Gasteiger partial charge in [0.25, 0.3) is 0 Å². The highest BCUT2D eigenvalue weighted by molar-refractivity contribution is 5.78.